The second-order valence-electron chi connectivity index (χ2n) is 9.00. The lowest BCUT2D eigenvalue weighted by atomic mass is 9.80. The van der Waals surface area contributed by atoms with E-state index in [1.807, 2.05) is 27.7 Å². The summed E-state index contributed by atoms with van der Waals surface area (Å²) >= 11 is 0. The molecule has 24 heavy (non-hydrogen) atoms. The molecule has 3 nitrogen and oxygen atoms in total. The van der Waals surface area contributed by atoms with E-state index >= 15 is 0 Å². The highest BCUT2D eigenvalue weighted by molar-refractivity contribution is 4.96. The van der Waals surface area contributed by atoms with Gasteiger partial charge in [-0.05, 0) is 47.0 Å². The molecule has 0 aliphatic carbocycles. The molecule has 0 N–H and O–H groups in total. The topological polar surface area (TPSA) is 32.4 Å². The third-order valence-corrected chi connectivity index (χ3v) is 5.41. The fourth-order valence-electron chi connectivity index (χ4n) is 4.13. The van der Waals surface area contributed by atoms with E-state index in [1.54, 1.807) is 0 Å². The zero-order valence-corrected chi connectivity index (χ0v) is 17.0. The summed E-state index contributed by atoms with van der Waals surface area (Å²) in [5.41, 5.74) is -0.631. The maximum atomic E-state index is 12.3. The second-order valence-corrected chi connectivity index (χ2v) is 9.00. The Kier molecular flexibility index (Phi) is 9.84. The monoisotopic (exact) mass is 340 g/mol. The molecule has 143 valence electrons. The fourth-order valence-corrected chi connectivity index (χ4v) is 4.13. The normalized spacial score (nSPS) is 21.2. The van der Waals surface area contributed by atoms with Crippen LogP contribution in [0.4, 0.5) is 0 Å². The Hall–Kier alpha value is -0.120. The summed E-state index contributed by atoms with van der Waals surface area (Å²) in [6.07, 6.45) is 15.5. The van der Waals surface area contributed by atoms with Gasteiger partial charge in [0.15, 0.2) is 0 Å². The van der Waals surface area contributed by atoms with E-state index in [0.29, 0.717) is 0 Å². The molecule has 1 aliphatic heterocycles. The number of unbranched alkanes of at least 4 members (excludes halogenated alkanes) is 9. The van der Waals surface area contributed by atoms with Crippen molar-refractivity contribution in [3.8, 4) is 0 Å². The molecule has 0 saturated carbocycles. The number of hydroxylamine groups is 2. The van der Waals surface area contributed by atoms with Gasteiger partial charge in [0, 0.05) is 17.7 Å². The molecule has 1 aliphatic rings. The molecule has 0 aromatic heterocycles. The number of hydrogen-bond acceptors (Lipinski definition) is 2. The second kappa shape index (κ2) is 10.8. The Bertz CT molecular complexity index is 310. The predicted molar refractivity (Wildman–Crippen MR) is 102 cm³/mol. The van der Waals surface area contributed by atoms with Gasteiger partial charge in [0.05, 0.1) is 6.10 Å². The van der Waals surface area contributed by atoms with Crippen LogP contribution < -0.4 is 0 Å². The highest BCUT2D eigenvalue weighted by Gasteiger charge is 2.46. The van der Waals surface area contributed by atoms with Crippen molar-refractivity contribution >= 4 is 0 Å². The van der Waals surface area contributed by atoms with Crippen molar-refractivity contribution < 1.29 is 9.94 Å². The van der Waals surface area contributed by atoms with Crippen LogP contribution in [-0.2, 0) is 9.94 Å². The molecule has 1 heterocycles. The van der Waals surface area contributed by atoms with Crippen LogP contribution in [0.25, 0.3) is 0 Å². The molecule has 0 atom stereocenters. The molecule has 1 radical (unpaired) electrons. The highest BCUT2D eigenvalue weighted by Crippen LogP contribution is 2.38. The first-order valence-corrected chi connectivity index (χ1v) is 10.4. The smallest absolute Gasteiger partial charge is 0.0611 e. The zero-order chi connectivity index (χ0) is 18.1. The van der Waals surface area contributed by atoms with Gasteiger partial charge in [0.2, 0.25) is 0 Å². The van der Waals surface area contributed by atoms with Gasteiger partial charge in [-0.1, -0.05) is 64.7 Å². The molecule has 1 fully saturated rings. The Labute approximate surface area is 151 Å². The van der Waals surface area contributed by atoms with Crippen LogP contribution in [0.2, 0.25) is 0 Å². The van der Waals surface area contributed by atoms with Gasteiger partial charge in [-0.15, -0.1) is 10.3 Å². The van der Waals surface area contributed by atoms with Crippen molar-refractivity contribution in [2.45, 2.75) is 129 Å². The molecular weight excluding hydrogens is 298 g/mol. The molecule has 0 unspecified atom stereocenters. The minimum absolute atomic E-state index is 0.235. The molecule has 0 aromatic carbocycles. The molecular formula is C21H42NO2. The molecule has 1 saturated heterocycles. The molecule has 0 aromatic rings. The number of rotatable bonds is 12. The minimum Gasteiger partial charge on any atom is -0.378 e. The first-order valence-electron chi connectivity index (χ1n) is 10.4. The van der Waals surface area contributed by atoms with Crippen molar-refractivity contribution in [3.05, 3.63) is 0 Å². The summed E-state index contributed by atoms with van der Waals surface area (Å²) < 4.78 is 6.11. The van der Waals surface area contributed by atoms with Crippen molar-refractivity contribution in [1.82, 2.24) is 5.06 Å². The summed E-state index contributed by atoms with van der Waals surface area (Å²) in [6.45, 7) is 11.3. The van der Waals surface area contributed by atoms with E-state index < -0.39 is 0 Å². The van der Waals surface area contributed by atoms with Gasteiger partial charge in [-0.2, -0.15) is 0 Å². The number of piperidine rings is 1. The van der Waals surface area contributed by atoms with Crippen molar-refractivity contribution in [1.29, 1.82) is 0 Å². The van der Waals surface area contributed by atoms with Crippen LogP contribution in [0.1, 0.15) is 112 Å². The first-order chi connectivity index (χ1) is 11.3. The van der Waals surface area contributed by atoms with Gasteiger partial charge >= 0.3 is 0 Å². The minimum atomic E-state index is -0.315. The first kappa shape index (κ1) is 21.9. The van der Waals surface area contributed by atoms with Gasteiger partial charge in [-0.25, -0.2) is 0 Å². The van der Waals surface area contributed by atoms with Crippen LogP contribution in [0, 0.1) is 0 Å². The molecule has 3 heteroatoms. The fraction of sp³-hybridized carbons (Fsp3) is 1.00. The summed E-state index contributed by atoms with van der Waals surface area (Å²) in [5.74, 6) is 0. The highest BCUT2D eigenvalue weighted by atomic mass is 16.5. The molecule has 1 rings (SSSR count). The zero-order valence-electron chi connectivity index (χ0n) is 17.0. The van der Waals surface area contributed by atoms with Crippen LogP contribution in [0.3, 0.4) is 0 Å². The Morgan fingerprint density at radius 2 is 1.21 bits per heavy atom. The maximum absolute atomic E-state index is 12.3. The lowest BCUT2D eigenvalue weighted by Crippen LogP contribution is -2.59. The predicted octanol–water partition coefficient (Wildman–Crippen LogP) is 6.29. The summed E-state index contributed by atoms with van der Waals surface area (Å²) in [7, 11) is 0. The van der Waals surface area contributed by atoms with Crippen molar-refractivity contribution in [2.24, 2.45) is 0 Å². The average Bonchev–Trinajstić information content (AvgIpc) is 2.50. The molecule has 0 amide bonds. The lowest BCUT2D eigenvalue weighted by Gasteiger charge is -2.49. The SMILES string of the molecule is CCCCCCCCCCCCOC1CC(C)(C)N([O])C(C)(C)C1. The van der Waals surface area contributed by atoms with Gasteiger partial charge < -0.3 is 4.74 Å². The van der Waals surface area contributed by atoms with E-state index in [-0.39, 0.29) is 17.2 Å². The number of nitrogens with zero attached hydrogens (tertiary/aromatic N) is 1. The largest absolute Gasteiger partial charge is 0.378 e. The van der Waals surface area contributed by atoms with Crippen molar-refractivity contribution in [2.75, 3.05) is 6.61 Å². The van der Waals surface area contributed by atoms with E-state index in [4.69, 9.17) is 4.74 Å². The third kappa shape index (κ3) is 7.84. The third-order valence-electron chi connectivity index (χ3n) is 5.41. The van der Waals surface area contributed by atoms with Crippen LogP contribution in [0.15, 0.2) is 0 Å². The quantitative estimate of drug-likeness (QED) is 0.391. The number of hydrogen-bond donors (Lipinski definition) is 0. The maximum Gasteiger partial charge on any atom is 0.0611 e. The van der Waals surface area contributed by atoms with E-state index in [0.717, 1.165) is 25.9 Å². The van der Waals surface area contributed by atoms with Gasteiger partial charge in [0.25, 0.3) is 0 Å². The molecule has 0 spiro atoms. The van der Waals surface area contributed by atoms with Crippen LogP contribution in [0.5, 0.6) is 0 Å². The molecule has 0 bridgehead atoms. The summed E-state index contributed by atoms with van der Waals surface area (Å²) in [5, 5.41) is 13.6. The van der Waals surface area contributed by atoms with Gasteiger partial charge in [0.1, 0.15) is 0 Å². The van der Waals surface area contributed by atoms with E-state index in [2.05, 4.69) is 6.92 Å². The van der Waals surface area contributed by atoms with Gasteiger partial charge in [-0.3, -0.25) is 0 Å². The van der Waals surface area contributed by atoms with Crippen LogP contribution in [-0.4, -0.2) is 28.9 Å². The average molecular weight is 341 g/mol. The summed E-state index contributed by atoms with van der Waals surface area (Å²) in [4.78, 5) is 0. The van der Waals surface area contributed by atoms with Crippen molar-refractivity contribution in [3.63, 3.8) is 0 Å². The Morgan fingerprint density at radius 1 is 0.792 bits per heavy atom. The Morgan fingerprint density at radius 3 is 1.67 bits per heavy atom. The standard InChI is InChI=1S/C21H42NO2/c1-6-7-8-9-10-11-12-13-14-15-16-24-19-17-20(2,3)22(23)21(4,5)18-19/h19H,6-18H2,1-5H3. The van der Waals surface area contributed by atoms with Crippen LogP contribution >= 0.6 is 0 Å². The summed E-state index contributed by atoms with van der Waals surface area (Å²) in [6, 6.07) is 0. The number of ether oxygens (including phenoxy) is 1. The van der Waals surface area contributed by atoms with E-state index in [1.165, 1.54) is 62.9 Å². The van der Waals surface area contributed by atoms with E-state index in [9.17, 15) is 5.21 Å². The Balaban J connectivity index is 2.03. The lowest BCUT2D eigenvalue weighted by molar-refractivity contribution is -0.301.